The highest BCUT2D eigenvalue weighted by Crippen LogP contribution is 2.47. The Morgan fingerprint density at radius 2 is 1.76 bits per heavy atom. The lowest BCUT2D eigenvalue weighted by Gasteiger charge is -2.49. The van der Waals surface area contributed by atoms with Gasteiger partial charge >= 0.3 is 0 Å². The van der Waals surface area contributed by atoms with E-state index in [1.54, 1.807) is 0 Å². The van der Waals surface area contributed by atoms with Gasteiger partial charge in [0.2, 0.25) is 0 Å². The van der Waals surface area contributed by atoms with E-state index < -0.39 is 5.79 Å². The van der Waals surface area contributed by atoms with Gasteiger partial charge in [0.25, 0.3) is 0 Å². The molecule has 1 unspecified atom stereocenters. The summed E-state index contributed by atoms with van der Waals surface area (Å²) in [5.41, 5.74) is 5.60. The van der Waals surface area contributed by atoms with E-state index in [2.05, 4.69) is 103 Å². The van der Waals surface area contributed by atoms with Crippen LogP contribution < -0.4 is 9.64 Å². The fourth-order valence-electron chi connectivity index (χ4n) is 5.93. The average molecular weight is 565 g/mol. The first-order chi connectivity index (χ1) is 17.8. The lowest BCUT2D eigenvalue weighted by atomic mass is 9.72. The van der Waals surface area contributed by atoms with Crippen molar-refractivity contribution in [1.29, 1.82) is 0 Å². The van der Waals surface area contributed by atoms with E-state index in [9.17, 15) is 5.11 Å². The summed E-state index contributed by atoms with van der Waals surface area (Å²) in [5, 5.41) is 11.9. The van der Waals surface area contributed by atoms with Crippen molar-refractivity contribution in [1.82, 2.24) is 0 Å². The molecule has 5 atom stereocenters. The van der Waals surface area contributed by atoms with Gasteiger partial charge in [-0.05, 0) is 65.6 Å². The van der Waals surface area contributed by atoms with E-state index >= 15 is 0 Å². The summed E-state index contributed by atoms with van der Waals surface area (Å²) in [5.74, 6) is 0.398. The molecule has 3 aromatic rings. The minimum absolute atomic E-state index is 0.00763. The van der Waals surface area contributed by atoms with Crippen LogP contribution in [0.3, 0.4) is 0 Å². The molecular weight excluding hydrogens is 526 g/mol. The highest BCUT2D eigenvalue weighted by molar-refractivity contribution is 9.10. The van der Waals surface area contributed by atoms with Crippen LogP contribution in [0.5, 0.6) is 5.75 Å². The number of anilines is 1. The van der Waals surface area contributed by atoms with Gasteiger partial charge in [-0.25, -0.2) is 0 Å². The van der Waals surface area contributed by atoms with Crippen molar-refractivity contribution in [2.45, 2.75) is 59.0 Å². The molecule has 196 valence electrons. The first-order valence-corrected chi connectivity index (χ1v) is 14.3. The molecule has 2 heterocycles. The van der Waals surface area contributed by atoms with E-state index in [-0.39, 0.29) is 12.0 Å². The van der Waals surface area contributed by atoms with Crippen LogP contribution in [-0.2, 0) is 23.5 Å². The van der Waals surface area contributed by atoms with Gasteiger partial charge in [0.1, 0.15) is 12.4 Å². The SMILES string of the molecule is CC[C@H]1OC(O)(c2ccc(Br)c(Cc3ccc4c(c3)N(Cc3ccccc3)CCO4)c2)[C@H](C)[C@@H](C)[C@@H]1C. The first-order valence-electron chi connectivity index (χ1n) is 13.5. The molecule has 5 rings (SSSR count). The smallest absolute Gasteiger partial charge is 0.195 e. The highest BCUT2D eigenvalue weighted by atomic mass is 79.9. The Morgan fingerprint density at radius 3 is 2.51 bits per heavy atom. The van der Waals surface area contributed by atoms with E-state index in [1.807, 2.05) is 12.1 Å². The van der Waals surface area contributed by atoms with Gasteiger partial charge in [-0.3, -0.25) is 0 Å². The quantitative estimate of drug-likeness (QED) is 0.341. The lowest BCUT2D eigenvalue weighted by molar-refractivity contribution is -0.316. The van der Waals surface area contributed by atoms with Gasteiger partial charge in [-0.2, -0.15) is 0 Å². The second-order valence-electron chi connectivity index (χ2n) is 10.8. The Labute approximate surface area is 229 Å². The molecule has 0 amide bonds. The number of rotatable bonds is 6. The average Bonchev–Trinajstić information content (AvgIpc) is 2.91. The molecule has 0 spiro atoms. The molecule has 0 aliphatic carbocycles. The maximum atomic E-state index is 11.9. The Hall–Kier alpha value is -2.34. The van der Waals surface area contributed by atoms with Crippen LogP contribution in [0, 0.1) is 17.8 Å². The van der Waals surface area contributed by atoms with Gasteiger partial charge in [0.15, 0.2) is 5.79 Å². The molecule has 2 aliphatic rings. The summed E-state index contributed by atoms with van der Waals surface area (Å²) in [6, 6.07) is 23.2. The summed E-state index contributed by atoms with van der Waals surface area (Å²) in [4.78, 5) is 2.40. The van der Waals surface area contributed by atoms with Gasteiger partial charge in [-0.1, -0.05) is 86.1 Å². The minimum Gasteiger partial charge on any atom is -0.490 e. The van der Waals surface area contributed by atoms with Crippen molar-refractivity contribution >= 4 is 21.6 Å². The van der Waals surface area contributed by atoms with Crippen LogP contribution in [0.15, 0.2) is 71.2 Å². The van der Waals surface area contributed by atoms with Gasteiger partial charge in [0.05, 0.1) is 18.3 Å². The third-order valence-corrected chi connectivity index (χ3v) is 9.38. The third kappa shape index (κ3) is 5.19. The van der Waals surface area contributed by atoms with E-state index in [4.69, 9.17) is 9.47 Å². The number of ether oxygens (including phenoxy) is 2. The molecule has 5 heteroatoms. The van der Waals surface area contributed by atoms with E-state index in [0.29, 0.717) is 18.4 Å². The minimum atomic E-state index is -1.29. The molecule has 2 aliphatic heterocycles. The summed E-state index contributed by atoms with van der Waals surface area (Å²) in [6.45, 7) is 11.1. The number of halogens is 1. The Bertz CT molecular complexity index is 1230. The van der Waals surface area contributed by atoms with Crippen LogP contribution in [0.25, 0.3) is 0 Å². The van der Waals surface area contributed by atoms with Crippen LogP contribution in [0.4, 0.5) is 5.69 Å². The molecule has 0 saturated carbocycles. The first kappa shape index (κ1) is 26.3. The van der Waals surface area contributed by atoms with Gasteiger partial charge in [0, 0.05) is 22.5 Å². The maximum absolute atomic E-state index is 11.9. The van der Waals surface area contributed by atoms with Gasteiger partial charge < -0.3 is 19.5 Å². The molecule has 0 radical (unpaired) electrons. The number of nitrogens with zero attached hydrogens (tertiary/aromatic N) is 1. The Morgan fingerprint density at radius 1 is 0.973 bits per heavy atom. The number of hydrogen-bond donors (Lipinski definition) is 1. The predicted molar refractivity (Wildman–Crippen MR) is 153 cm³/mol. The summed E-state index contributed by atoms with van der Waals surface area (Å²) in [7, 11) is 0. The fraction of sp³-hybridized carbons (Fsp3) is 0.438. The molecule has 0 bridgehead atoms. The van der Waals surface area contributed by atoms with Crippen LogP contribution >= 0.6 is 15.9 Å². The van der Waals surface area contributed by atoms with Crippen molar-refractivity contribution in [3.05, 3.63) is 93.5 Å². The van der Waals surface area contributed by atoms with Crippen molar-refractivity contribution < 1.29 is 14.6 Å². The van der Waals surface area contributed by atoms with Crippen LogP contribution in [0.2, 0.25) is 0 Å². The van der Waals surface area contributed by atoms with Crippen molar-refractivity contribution in [2.24, 2.45) is 17.8 Å². The molecule has 3 aromatic carbocycles. The zero-order valence-electron chi connectivity index (χ0n) is 22.3. The van der Waals surface area contributed by atoms with Crippen molar-refractivity contribution in [3.63, 3.8) is 0 Å². The number of hydrogen-bond acceptors (Lipinski definition) is 4. The monoisotopic (exact) mass is 563 g/mol. The van der Waals surface area contributed by atoms with Crippen molar-refractivity contribution in [3.8, 4) is 5.75 Å². The molecule has 1 fully saturated rings. The number of fused-ring (bicyclic) bond motifs is 1. The summed E-state index contributed by atoms with van der Waals surface area (Å²) in [6.07, 6.45) is 1.68. The lowest BCUT2D eigenvalue weighted by Crippen LogP contribution is -2.51. The molecule has 4 nitrogen and oxygen atoms in total. The summed E-state index contributed by atoms with van der Waals surface area (Å²) < 4.78 is 13.4. The van der Waals surface area contributed by atoms with Crippen molar-refractivity contribution in [2.75, 3.05) is 18.1 Å². The standard InChI is InChI=1S/C32H38BrNO3/c1-5-30-22(3)21(2)23(4)32(35,37-30)27-12-13-28(33)26(19-27)17-25-11-14-31-29(18-25)34(15-16-36-31)20-24-9-7-6-8-10-24/h6-14,18-19,21-23,30,35H,5,15-17,20H2,1-4H3/t21-,22-,23+,30+,32?/m0/s1. The Balaban J connectivity index is 1.42. The predicted octanol–water partition coefficient (Wildman–Crippen LogP) is 7.30. The number of aliphatic hydroxyl groups is 1. The third-order valence-electron chi connectivity index (χ3n) is 8.61. The van der Waals surface area contributed by atoms with E-state index in [1.165, 1.54) is 11.1 Å². The zero-order valence-corrected chi connectivity index (χ0v) is 23.9. The zero-order chi connectivity index (χ0) is 26.2. The molecular formula is C32H38BrNO3. The Kier molecular flexibility index (Phi) is 7.67. The summed E-state index contributed by atoms with van der Waals surface area (Å²) >= 11 is 3.77. The van der Waals surface area contributed by atoms with Crippen LogP contribution in [-0.4, -0.2) is 24.4 Å². The fourth-order valence-corrected chi connectivity index (χ4v) is 6.32. The molecule has 37 heavy (non-hydrogen) atoms. The van der Waals surface area contributed by atoms with Gasteiger partial charge in [-0.15, -0.1) is 0 Å². The topological polar surface area (TPSA) is 41.9 Å². The molecule has 1 N–H and O–H groups in total. The second kappa shape index (κ2) is 10.8. The number of benzene rings is 3. The van der Waals surface area contributed by atoms with Crippen LogP contribution in [0.1, 0.15) is 56.4 Å². The normalized spacial score (nSPS) is 27.5. The highest BCUT2D eigenvalue weighted by Gasteiger charge is 2.49. The molecule has 0 aromatic heterocycles. The second-order valence-corrected chi connectivity index (χ2v) is 11.7. The maximum Gasteiger partial charge on any atom is 0.195 e. The van der Waals surface area contributed by atoms with E-state index in [0.717, 1.165) is 53.0 Å². The largest absolute Gasteiger partial charge is 0.490 e. The molecule has 1 saturated heterocycles.